The summed E-state index contributed by atoms with van der Waals surface area (Å²) in [7, 11) is 0. The van der Waals surface area contributed by atoms with Crippen LogP contribution >= 0.6 is 0 Å². The van der Waals surface area contributed by atoms with E-state index in [4.69, 9.17) is 13.6 Å². The second-order valence-corrected chi connectivity index (χ2v) is 8.35. The van der Waals surface area contributed by atoms with Gasteiger partial charge in [0.25, 0.3) is 5.91 Å². The van der Waals surface area contributed by atoms with Gasteiger partial charge in [0, 0.05) is 40.8 Å². The van der Waals surface area contributed by atoms with Crippen molar-refractivity contribution in [1.82, 2.24) is 14.5 Å². The van der Waals surface area contributed by atoms with Gasteiger partial charge in [-0.05, 0) is 43.2 Å². The lowest BCUT2D eigenvalue weighted by atomic mass is 9.97. The van der Waals surface area contributed by atoms with Crippen LogP contribution in [0.3, 0.4) is 0 Å². The minimum atomic E-state index is -3.11. The van der Waals surface area contributed by atoms with Crippen LogP contribution in [0.5, 0.6) is 5.75 Å². The summed E-state index contributed by atoms with van der Waals surface area (Å²) in [4.78, 5) is 19.0. The maximum Gasteiger partial charge on any atom is 0.387 e. The smallest absolute Gasteiger partial charge is 0.387 e. The maximum atomic E-state index is 13.5. The summed E-state index contributed by atoms with van der Waals surface area (Å²) in [5, 5.41) is 0. The zero-order valence-corrected chi connectivity index (χ0v) is 17.4. The Hall–Kier alpha value is -3.44. The zero-order chi connectivity index (χ0) is 25.2. The van der Waals surface area contributed by atoms with E-state index in [1.165, 1.54) is 18.2 Å². The van der Waals surface area contributed by atoms with Crippen LogP contribution in [0.15, 0.2) is 36.4 Å². The van der Waals surface area contributed by atoms with E-state index in [0.717, 1.165) is 23.3 Å². The zero-order valence-electron chi connectivity index (χ0n) is 20.4. The molecule has 6 rings (SSSR count). The Morgan fingerprint density at radius 2 is 2.21 bits per heavy atom. The molecule has 1 amide bonds. The van der Waals surface area contributed by atoms with Gasteiger partial charge in [0.05, 0.1) is 23.1 Å². The van der Waals surface area contributed by atoms with E-state index in [1.807, 2.05) is 16.7 Å². The first-order chi connectivity index (χ1) is 17.2. The van der Waals surface area contributed by atoms with Gasteiger partial charge in [-0.2, -0.15) is 8.78 Å². The molecule has 2 aromatic carbocycles. The molecule has 33 heavy (non-hydrogen) atoms. The van der Waals surface area contributed by atoms with Gasteiger partial charge in [-0.15, -0.1) is 0 Å². The number of fused-ring (bicyclic) bond motifs is 9. The van der Waals surface area contributed by atoms with Crippen LogP contribution in [0.1, 0.15) is 62.8 Å². The summed E-state index contributed by atoms with van der Waals surface area (Å²) >= 11 is 0. The monoisotopic (exact) mass is 452 g/mol. The summed E-state index contributed by atoms with van der Waals surface area (Å²) in [6, 6.07) is 8.20. The van der Waals surface area contributed by atoms with Crippen molar-refractivity contribution in [1.29, 1.82) is 0 Å². The van der Waals surface area contributed by atoms with Gasteiger partial charge in [-0.3, -0.25) is 4.79 Å². The number of hydrogen-bond acceptors (Lipinski definition) is 4. The molecule has 1 unspecified atom stereocenters. The SMILES string of the molecule is [2H]C([2H])([2H])N1C(=O)c2cccc(OC(F)F)c2[C@H]2C[C@@H]1c1nc3ccc(C#CC4CCCO4)cc3n12. The van der Waals surface area contributed by atoms with E-state index in [0.29, 0.717) is 23.5 Å². The predicted octanol–water partition coefficient (Wildman–Crippen LogP) is 4.29. The number of ether oxygens (including phenoxy) is 2. The molecule has 8 heteroatoms. The molecule has 3 aliphatic heterocycles. The van der Waals surface area contributed by atoms with Gasteiger partial charge in [0.1, 0.15) is 17.7 Å². The Morgan fingerprint density at radius 3 is 3.00 bits per heavy atom. The van der Waals surface area contributed by atoms with E-state index in [9.17, 15) is 13.6 Å². The summed E-state index contributed by atoms with van der Waals surface area (Å²) in [5.41, 5.74) is 2.25. The molecule has 0 saturated carbocycles. The maximum absolute atomic E-state index is 13.5. The molecular formula is C25H21F2N3O3. The number of alkyl halides is 2. The molecule has 0 spiro atoms. The number of hydrogen-bond donors (Lipinski definition) is 0. The Labute approximate surface area is 193 Å². The Morgan fingerprint density at radius 1 is 1.30 bits per heavy atom. The fourth-order valence-electron chi connectivity index (χ4n) is 5.04. The molecule has 0 N–H and O–H groups in total. The molecule has 2 bridgehead atoms. The molecule has 1 fully saturated rings. The van der Waals surface area contributed by atoms with Crippen molar-refractivity contribution >= 4 is 16.9 Å². The normalized spacial score (nSPS) is 25.1. The van der Waals surface area contributed by atoms with Gasteiger partial charge in [-0.1, -0.05) is 17.9 Å². The molecule has 0 radical (unpaired) electrons. The second-order valence-electron chi connectivity index (χ2n) is 8.35. The number of halogens is 2. The molecule has 3 aliphatic rings. The predicted molar refractivity (Wildman–Crippen MR) is 116 cm³/mol. The topological polar surface area (TPSA) is 56.6 Å². The second kappa shape index (κ2) is 7.56. The molecule has 1 aromatic heterocycles. The number of carbonyl (C=O) groups excluding carboxylic acids is 1. The van der Waals surface area contributed by atoms with Crippen LogP contribution in [0.25, 0.3) is 11.0 Å². The highest BCUT2D eigenvalue weighted by Gasteiger charge is 2.45. The van der Waals surface area contributed by atoms with Crippen molar-refractivity contribution in [2.75, 3.05) is 13.6 Å². The van der Waals surface area contributed by atoms with Crippen molar-refractivity contribution in [2.45, 2.75) is 44.1 Å². The number of carbonyl (C=O) groups is 1. The lowest BCUT2D eigenvalue weighted by molar-refractivity contribution is -0.0507. The molecule has 3 aromatic rings. The van der Waals surface area contributed by atoms with Crippen molar-refractivity contribution in [2.24, 2.45) is 0 Å². The van der Waals surface area contributed by atoms with Gasteiger partial charge < -0.3 is 18.9 Å². The average Bonchev–Trinajstić information content (AvgIpc) is 3.51. The average molecular weight is 452 g/mol. The highest BCUT2D eigenvalue weighted by Crippen LogP contribution is 2.49. The van der Waals surface area contributed by atoms with Gasteiger partial charge in [0.2, 0.25) is 0 Å². The van der Waals surface area contributed by atoms with Crippen LogP contribution in [-0.4, -0.2) is 46.7 Å². The van der Waals surface area contributed by atoms with Crippen LogP contribution in [0, 0.1) is 11.8 Å². The van der Waals surface area contributed by atoms with Crippen molar-refractivity contribution in [3.8, 4) is 17.6 Å². The number of amides is 1. The third kappa shape index (κ3) is 3.18. The lowest BCUT2D eigenvalue weighted by Crippen LogP contribution is -2.30. The highest BCUT2D eigenvalue weighted by atomic mass is 19.3. The number of rotatable bonds is 2. The van der Waals surface area contributed by atoms with E-state index in [1.54, 1.807) is 6.07 Å². The third-order valence-electron chi connectivity index (χ3n) is 6.46. The summed E-state index contributed by atoms with van der Waals surface area (Å²) in [6.45, 7) is -5.18. The molecule has 1 saturated heterocycles. The van der Waals surface area contributed by atoms with E-state index in [2.05, 4.69) is 16.8 Å². The fraction of sp³-hybridized carbons (Fsp3) is 0.360. The van der Waals surface area contributed by atoms with Crippen LogP contribution in [0.4, 0.5) is 8.78 Å². The standard InChI is InChI=1S/C25H21F2N3O3/c1-29-20-13-19(22-16(24(29)31)5-2-6-21(22)33-25(26)27)30-18-12-14(7-9-15-4-3-11-32-15)8-10-17(18)28-23(20)30/h2,5-6,8,10,12,15,19-20,25H,3-4,11,13H2,1H3/t15?,19-,20-/m1/s1/i1D3. The quantitative estimate of drug-likeness (QED) is 0.545. The first kappa shape index (κ1) is 17.1. The molecule has 3 atom stereocenters. The minimum Gasteiger partial charge on any atom is -0.434 e. The van der Waals surface area contributed by atoms with Crippen LogP contribution < -0.4 is 4.74 Å². The highest BCUT2D eigenvalue weighted by molar-refractivity contribution is 5.97. The van der Waals surface area contributed by atoms with Crippen LogP contribution in [-0.2, 0) is 4.74 Å². The van der Waals surface area contributed by atoms with Crippen molar-refractivity contribution < 1.29 is 27.2 Å². The number of imidazole rings is 1. The summed E-state index contributed by atoms with van der Waals surface area (Å²) in [5.74, 6) is 5.73. The molecular weight excluding hydrogens is 428 g/mol. The molecule has 6 nitrogen and oxygen atoms in total. The number of aromatic nitrogens is 2. The largest absolute Gasteiger partial charge is 0.434 e. The van der Waals surface area contributed by atoms with E-state index in [-0.39, 0.29) is 29.4 Å². The number of nitrogens with zero attached hydrogens (tertiary/aromatic N) is 3. The lowest BCUT2D eigenvalue weighted by Gasteiger charge is -2.24. The summed E-state index contributed by atoms with van der Waals surface area (Å²) in [6.07, 6.45) is 1.91. The van der Waals surface area contributed by atoms with Gasteiger partial charge >= 0.3 is 6.61 Å². The summed E-state index contributed by atoms with van der Waals surface area (Å²) < 4.78 is 63.0. The third-order valence-corrected chi connectivity index (χ3v) is 6.46. The van der Waals surface area contributed by atoms with Gasteiger partial charge in [0.15, 0.2) is 0 Å². The minimum absolute atomic E-state index is 0.0265. The first-order valence-corrected chi connectivity index (χ1v) is 10.8. The Balaban J connectivity index is 1.56. The number of benzene rings is 2. The van der Waals surface area contributed by atoms with E-state index < -0.39 is 31.6 Å². The Kier molecular flexibility index (Phi) is 3.92. The first-order valence-electron chi connectivity index (χ1n) is 12.3. The van der Waals surface area contributed by atoms with Crippen LogP contribution in [0.2, 0.25) is 0 Å². The Bertz CT molecular complexity index is 1440. The van der Waals surface area contributed by atoms with E-state index >= 15 is 0 Å². The fourth-order valence-corrected chi connectivity index (χ4v) is 5.04. The van der Waals surface area contributed by atoms with Crippen molar-refractivity contribution in [3.63, 3.8) is 0 Å². The van der Waals surface area contributed by atoms with Crippen molar-refractivity contribution in [3.05, 3.63) is 58.9 Å². The molecule has 0 aliphatic carbocycles. The van der Waals surface area contributed by atoms with Gasteiger partial charge in [-0.25, -0.2) is 4.98 Å². The molecule has 4 heterocycles. The molecule has 168 valence electrons.